The maximum atomic E-state index is 4.00. The van der Waals surface area contributed by atoms with E-state index < -0.39 is 0 Å². The van der Waals surface area contributed by atoms with Crippen LogP contribution in [-0.2, 0) is 6.42 Å². The van der Waals surface area contributed by atoms with Crippen LogP contribution >= 0.6 is 0 Å². The molecule has 1 aromatic rings. The Hall–Kier alpha value is -1.56. The van der Waals surface area contributed by atoms with Gasteiger partial charge >= 0.3 is 0 Å². The lowest BCUT2D eigenvalue weighted by molar-refractivity contribution is 0.235. The fraction of sp³-hybridized carbons (Fsp3) is 0.613. The predicted molar refractivity (Wildman–Crippen MR) is 135 cm³/mol. The minimum atomic E-state index is 0.685. The van der Waals surface area contributed by atoms with Gasteiger partial charge in [-0.25, -0.2) is 0 Å². The van der Waals surface area contributed by atoms with Gasteiger partial charge in [0.1, 0.15) is 0 Å². The van der Waals surface area contributed by atoms with Crippen molar-refractivity contribution in [2.24, 2.45) is 29.6 Å². The van der Waals surface area contributed by atoms with Gasteiger partial charge in [-0.1, -0.05) is 68.0 Å². The zero-order valence-electron chi connectivity index (χ0n) is 19.9. The van der Waals surface area contributed by atoms with Crippen LogP contribution in [0.15, 0.2) is 61.2 Å². The fourth-order valence-corrected chi connectivity index (χ4v) is 6.41. The number of rotatable bonds is 7. The first-order valence-corrected chi connectivity index (χ1v) is 13.3. The molecule has 168 valence electrons. The monoisotopic (exact) mass is 416 g/mol. The third kappa shape index (κ3) is 6.24. The van der Waals surface area contributed by atoms with Gasteiger partial charge in [-0.05, 0) is 117 Å². The van der Waals surface area contributed by atoms with Crippen LogP contribution in [0.3, 0.4) is 0 Å². The highest BCUT2D eigenvalue weighted by Gasteiger charge is 2.27. The molecule has 0 saturated heterocycles. The zero-order chi connectivity index (χ0) is 21.5. The molecule has 0 amide bonds. The number of hydrogen-bond donors (Lipinski definition) is 0. The second kappa shape index (κ2) is 11.3. The summed E-state index contributed by atoms with van der Waals surface area (Å²) in [6.07, 6.45) is 28.6. The number of aryl methyl sites for hydroxylation is 1. The van der Waals surface area contributed by atoms with Gasteiger partial charge in [0.25, 0.3) is 0 Å². The minimum absolute atomic E-state index is 0.685. The van der Waals surface area contributed by atoms with Gasteiger partial charge < -0.3 is 0 Å². The molecule has 0 spiro atoms. The van der Waals surface area contributed by atoms with Crippen molar-refractivity contribution in [1.29, 1.82) is 0 Å². The molecule has 0 heterocycles. The summed E-state index contributed by atoms with van der Waals surface area (Å²) in [5.41, 5.74) is 3.07. The summed E-state index contributed by atoms with van der Waals surface area (Å²) in [5.74, 6) is 4.83. The molecular formula is C31H44. The normalized spacial score (nSPS) is 34.1. The standard InChI is InChI=1S/C31H44/c1-3-5-25-10-18-29(19-11-25)31-22-14-27(15-23-31)7-6-26-12-20-30(21-13-26)28-16-8-24(4-2)9-17-28/h4,6-7,10-12,18-20,24,26-28,30-31H,2-3,5,8-9,13-17,21-23H2,1H3. The van der Waals surface area contributed by atoms with E-state index in [2.05, 4.69) is 68.1 Å². The minimum Gasteiger partial charge on any atom is -0.103 e. The van der Waals surface area contributed by atoms with E-state index in [-0.39, 0.29) is 0 Å². The van der Waals surface area contributed by atoms with Crippen molar-refractivity contribution < 1.29 is 0 Å². The average molecular weight is 417 g/mol. The van der Waals surface area contributed by atoms with Crippen LogP contribution < -0.4 is 0 Å². The van der Waals surface area contributed by atoms with Crippen molar-refractivity contribution in [3.63, 3.8) is 0 Å². The molecule has 2 saturated carbocycles. The smallest absolute Gasteiger partial charge is 0.00531 e. The van der Waals surface area contributed by atoms with E-state index >= 15 is 0 Å². The van der Waals surface area contributed by atoms with E-state index in [1.165, 1.54) is 82.6 Å². The van der Waals surface area contributed by atoms with Crippen LogP contribution in [0.5, 0.6) is 0 Å². The summed E-state index contributed by atoms with van der Waals surface area (Å²) >= 11 is 0. The number of benzene rings is 1. The maximum Gasteiger partial charge on any atom is -0.00531 e. The summed E-state index contributed by atoms with van der Waals surface area (Å²) in [7, 11) is 0. The number of hydrogen-bond acceptors (Lipinski definition) is 0. The molecule has 0 N–H and O–H groups in total. The van der Waals surface area contributed by atoms with Gasteiger partial charge in [0.05, 0.1) is 0 Å². The lowest BCUT2D eigenvalue weighted by Crippen LogP contribution is -2.22. The first kappa shape index (κ1) is 22.6. The molecule has 0 aromatic heterocycles. The van der Waals surface area contributed by atoms with Crippen molar-refractivity contribution >= 4 is 0 Å². The Morgan fingerprint density at radius 2 is 1.48 bits per heavy atom. The molecule has 1 aromatic carbocycles. The first-order valence-electron chi connectivity index (χ1n) is 13.3. The van der Waals surface area contributed by atoms with Crippen LogP contribution in [0.2, 0.25) is 0 Å². The van der Waals surface area contributed by atoms with Crippen LogP contribution in [0.1, 0.15) is 94.6 Å². The molecule has 31 heavy (non-hydrogen) atoms. The third-order valence-corrected chi connectivity index (χ3v) is 8.59. The van der Waals surface area contributed by atoms with E-state index in [0.29, 0.717) is 5.92 Å². The average Bonchev–Trinajstić information content (AvgIpc) is 2.84. The third-order valence-electron chi connectivity index (χ3n) is 8.59. The van der Waals surface area contributed by atoms with Gasteiger partial charge in [-0.2, -0.15) is 0 Å². The summed E-state index contributed by atoms with van der Waals surface area (Å²) < 4.78 is 0. The second-order valence-electron chi connectivity index (χ2n) is 10.7. The van der Waals surface area contributed by atoms with Crippen LogP contribution in [0.4, 0.5) is 0 Å². The molecule has 0 radical (unpaired) electrons. The lowest BCUT2D eigenvalue weighted by atomic mass is 9.72. The Morgan fingerprint density at radius 3 is 2.10 bits per heavy atom. The summed E-state index contributed by atoms with van der Waals surface area (Å²) in [6.45, 7) is 6.26. The Labute approximate surface area is 191 Å². The van der Waals surface area contributed by atoms with E-state index in [4.69, 9.17) is 0 Å². The summed E-state index contributed by atoms with van der Waals surface area (Å²) in [4.78, 5) is 0. The van der Waals surface area contributed by atoms with Crippen molar-refractivity contribution in [3.8, 4) is 0 Å². The van der Waals surface area contributed by atoms with Gasteiger partial charge in [-0.3, -0.25) is 0 Å². The van der Waals surface area contributed by atoms with Crippen LogP contribution in [0, 0.1) is 29.6 Å². The lowest BCUT2D eigenvalue weighted by Gasteiger charge is -2.34. The second-order valence-corrected chi connectivity index (χ2v) is 10.7. The van der Waals surface area contributed by atoms with E-state index in [9.17, 15) is 0 Å². The Balaban J connectivity index is 1.20. The van der Waals surface area contributed by atoms with Gasteiger partial charge in [0, 0.05) is 0 Å². The van der Waals surface area contributed by atoms with Gasteiger partial charge in [-0.15, -0.1) is 6.58 Å². The molecule has 0 heteroatoms. The van der Waals surface area contributed by atoms with Gasteiger partial charge in [0.2, 0.25) is 0 Å². The van der Waals surface area contributed by atoms with E-state index in [0.717, 1.165) is 29.6 Å². The molecule has 2 unspecified atom stereocenters. The first-order chi connectivity index (χ1) is 15.2. The molecule has 2 fully saturated rings. The maximum absolute atomic E-state index is 4.00. The molecule has 3 aliphatic carbocycles. The van der Waals surface area contributed by atoms with Crippen LogP contribution in [0.25, 0.3) is 0 Å². The molecule has 2 atom stereocenters. The van der Waals surface area contributed by atoms with Crippen LogP contribution in [-0.4, -0.2) is 0 Å². The zero-order valence-corrected chi connectivity index (χ0v) is 19.9. The molecular weight excluding hydrogens is 372 g/mol. The quantitative estimate of drug-likeness (QED) is 0.389. The fourth-order valence-electron chi connectivity index (χ4n) is 6.41. The van der Waals surface area contributed by atoms with Gasteiger partial charge in [0.15, 0.2) is 0 Å². The molecule has 0 bridgehead atoms. The molecule has 4 rings (SSSR count). The van der Waals surface area contributed by atoms with Crippen molar-refractivity contribution in [2.45, 2.75) is 89.9 Å². The molecule has 0 aliphatic heterocycles. The highest BCUT2D eigenvalue weighted by molar-refractivity contribution is 5.26. The Morgan fingerprint density at radius 1 is 0.774 bits per heavy atom. The molecule has 0 nitrogen and oxygen atoms in total. The van der Waals surface area contributed by atoms with Crippen molar-refractivity contribution in [1.82, 2.24) is 0 Å². The van der Waals surface area contributed by atoms with Crippen molar-refractivity contribution in [3.05, 3.63) is 72.4 Å². The Bertz CT molecular complexity index is 720. The summed E-state index contributed by atoms with van der Waals surface area (Å²) in [6, 6.07) is 9.52. The SMILES string of the molecule is C=CC1CCC(C2C=CC(C=CC3CCC(c4ccc(CCC)cc4)CC3)CC2)CC1. The largest absolute Gasteiger partial charge is 0.103 e. The number of allylic oxidation sites excluding steroid dienone is 5. The topological polar surface area (TPSA) is 0 Å². The highest BCUT2D eigenvalue weighted by atomic mass is 14.3. The predicted octanol–water partition coefficient (Wildman–Crippen LogP) is 9.04. The summed E-state index contributed by atoms with van der Waals surface area (Å²) in [5, 5.41) is 0. The van der Waals surface area contributed by atoms with E-state index in [1.54, 1.807) is 5.56 Å². The van der Waals surface area contributed by atoms with Crippen molar-refractivity contribution in [2.75, 3.05) is 0 Å². The highest BCUT2D eigenvalue weighted by Crippen LogP contribution is 2.40. The Kier molecular flexibility index (Phi) is 8.28. The van der Waals surface area contributed by atoms with E-state index in [1.807, 2.05) is 0 Å². The molecule has 3 aliphatic rings.